The molecule has 8 heteroatoms. The second-order valence-corrected chi connectivity index (χ2v) is 29.0. The molecule has 8 nitrogen and oxygen atoms in total. The van der Waals surface area contributed by atoms with Crippen molar-refractivity contribution in [2.24, 2.45) is 23.7 Å². The first-order chi connectivity index (χ1) is 46.1. The van der Waals surface area contributed by atoms with Gasteiger partial charge in [0.15, 0.2) is 0 Å². The minimum absolute atomic E-state index is 0.225. The third-order valence-corrected chi connectivity index (χ3v) is 18.8. The molecule has 528 valence electrons. The van der Waals surface area contributed by atoms with E-state index in [1.165, 1.54) is 51.4 Å². The van der Waals surface area contributed by atoms with Crippen molar-refractivity contribution >= 4 is 11.1 Å². The first-order valence-corrected chi connectivity index (χ1v) is 37.5. The minimum atomic E-state index is 0.225. The average Bonchev–Trinajstić information content (AvgIpc) is 0.798. The summed E-state index contributed by atoms with van der Waals surface area (Å²) in [5, 5.41) is 45.2. The number of aryl methyl sites for hydroxylation is 6. The van der Waals surface area contributed by atoms with Gasteiger partial charge in [-0.1, -0.05) is 231 Å². The van der Waals surface area contributed by atoms with Crippen LogP contribution in [0, 0.1) is 37.5 Å². The lowest BCUT2D eigenvalue weighted by molar-refractivity contribution is 0.215. The molecule has 0 saturated heterocycles. The molecule has 6 aromatic rings. The molecular weight excluding hydrogens is 1180 g/mol. The molecule has 0 amide bonds. The van der Waals surface area contributed by atoms with Crippen LogP contribution in [0.25, 0.3) is 33.4 Å². The Kier molecular flexibility index (Phi) is 35.6. The second kappa shape index (κ2) is 42.8. The average molecular weight is 1310 g/mol. The maximum Gasteiger partial charge on any atom is 0.131 e. The van der Waals surface area contributed by atoms with Crippen LogP contribution >= 0.6 is 0 Å². The zero-order chi connectivity index (χ0) is 70.1. The SMILES string of the molecule is C=C(C)c1ccc(C)cc1-c1c(O)cc(CCCCC)cc1OCCOc1cc(CCCCC)cc(O)c1CC[C@@H](C)CCCC(C)C.C=C(C)c1ccc(C)cc1-c1c(O)cc(CCCCC)cc1OCCOc1cc(CCCCC)cc(O)c1CC[C@H](C)CCCC(C)C. The van der Waals surface area contributed by atoms with Crippen LogP contribution in [-0.2, 0) is 38.5 Å². The monoisotopic (exact) mass is 1310 g/mol. The number of benzene rings is 6. The highest BCUT2D eigenvalue weighted by Crippen LogP contribution is 2.45. The Balaban J connectivity index is 0.000000347. The fourth-order valence-electron chi connectivity index (χ4n) is 13.0. The van der Waals surface area contributed by atoms with Gasteiger partial charge in [0.1, 0.15) is 72.4 Å². The Bertz CT molecular complexity index is 3090. The topological polar surface area (TPSA) is 118 Å². The number of phenols is 4. The third-order valence-electron chi connectivity index (χ3n) is 18.8. The molecule has 6 aromatic carbocycles. The molecule has 0 fully saturated rings. The molecule has 0 bridgehead atoms. The van der Waals surface area contributed by atoms with E-state index in [-0.39, 0.29) is 11.5 Å². The van der Waals surface area contributed by atoms with Crippen molar-refractivity contribution in [2.45, 2.75) is 264 Å². The fourth-order valence-corrected chi connectivity index (χ4v) is 13.0. The summed E-state index contributed by atoms with van der Waals surface area (Å²) in [6.45, 7) is 40.4. The Morgan fingerprint density at radius 2 is 0.656 bits per heavy atom. The highest BCUT2D eigenvalue weighted by atomic mass is 16.5. The predicted octanol–water partition coefficient (Wildman–Crippen LogP) is 24.8. The van der Waals surface area contributed by atoms with Crippen LogP contribution in [0.2, 0.25) is 0 Å². The highest BCUT2D eigenvalue weighted by Gasteiger charge is 2.22. The van der Waals surface area contributed by atoms with Gasteiger partial charge in [-0.25, -0.2) is 0 Å². The summed E-state index contributed by atoms with van der Waals surface area (Å²) in [6, 6.07) is 28.6. The van der Waals surface area contributed by atoms with Crippen LogP contribution in [0.15, 0.2) is 98.1 Å². The molecule has 6 rings (SSSR count). The molecule has 0 saturated carbocycles. The number of aromatic hydroxyl groups is 4. The van der Waals surface area contributed by atoms with Gasteiger partial charge >= 0.3 is 0 Å². The molecule has 0 aliphatic heterocycles. The van der Waals surface area contributed by atoms with Gasteiger partial charge in [-0.05, 0) is 221 Å². The van der Waals surface area contributed by atoms with E-state index in [2.05, 4.69) is 157 Å². The molecule has 96 heavy (non-hydrogen) atoms. The largest absolute Gasteiger partial charge is 0.508 e. The lowest BCUT2D eigenvalue weighted by Gasteiger charge is -2.20. The summed E-state index contributed by atoms with van der Waals surface area (Å²) in [7, 11) is 0. The first-order valence-electron chi connectivity index (χ1n) is 37.5. The number of hydrogen-bond acceptors (Lipinski definition) is 8. The van der Waals surface area contributed by atoms with E-state index in [4.69, 9.17) is 18.9 Å². The van der Waals surface area contributed by atoms with E-state index in [0.29, 0.717) is 72.4 Å². The molecule has 0 unspecified atom stereocenters. The summed E-state index contributed by atoms with van der Waals surface area (Å²) in [5.74, 6) is 6.61. The van der Waals surface area contributed by atoms with Gasteiger partial charge in [0.2, 0.25) is 0 Å². The minimum Gasteiger partial charge on any atom is -0.508 e. The smallest absolute Gasteiger partial charge is 0.131 e. The van der Waals surface area contributed by atoms with Gasteiger partial charge in [-0.3, -0.25) is 0 Å². The summed E-state index contributed by atoms with van der Waals surface area (Å²) >= 11 is 0. The van der Waals surface area contributed by atoms with E-state index < -0.39 is 0 Å². The quantitative estimate of drug-likeness (QED) is 0.0280. The van der Waals surface area contributed by atoms with E-state index in [1.54, 1.807) is 0 Å². The third kappa shape index (κ3) is 26.9. The number of rotatable bonds is 44. The van der Waals surface area contributed by atoms with Crippen LogP contribution < -0.4 is 18.9 Å². The molecule has 4 N–H and O–H groups in total. The molecular formula is C88H128O8. The number of allylic oxidation sites excluding steroid dienone is 2. The van der Waals surface area contributed by atoms with Crippen molar-refractivity contribution in [3.63, 3.8) is 0 Å². The summed E-state index contributed by atoms with van der Waals surface area (Å²) in [5.41, 5.74) is 15.5. The van der Waals surface area contributed by atoms with Gasteiger partial charge in [-0.2, -0.15) is 0 Å². The van der Waals surface area contributed by atoms with Crippen LogP contribution in [0.3, 0.4) is 0 Å². The lowest BCUT2D eigenvalue weighted by Crippen LogP contribution is -2.12. The van der Waals surface area contributed by atoms with Gasteiger partial charge in [0.05, 0.1) is 11.1 Å². The van der Waals surface area contributed by atoms with Crippen molar-refractivity contribution in [1.29, 1.82) is 0 Å². The molecule has 0 spiro atoms. The molecule has 0 aliphatic rings. The van der Waals surface area contributed by atoms with Crippen molar-refractivity contribution in [2.75, 3.05) is 26.4 Å². The van der Waals surface area contributed by atoms with Crippen LogP contribution in [0.5, 0.6) is 46.0 Å². The first kappa shape index (κ1) is 79.9. The maximum absolute atomic E-state index is 11.4. The van der Waals surface area contributed by atoms with Gasteiger partial charge < -0.3 is 39.4 Å². The molecule has 2 atom stereocenters. The standard InChI is InChI=1S/2C44H64O4/c2*1-9-11-13-18-35-27-40(45)38(23-20-33(7)17-15-16-31(3)4)42(29-35)47-24-25-48-43-30-36(19-14-12-10-2)28-41(46)44(43)39-26-34(8)21-22-37(39)32(5)6/h2*21-22,26-31,33,45-46H,5,9-20,23-25H2,1-4,6-8H3/t2*33-/m10/s1. The molecule has 0 aromatic heterocycles. The lowest BCUT2D eigenvalue weighted by atomic mass is 9.91. The fraction of sp³-hybridized carbons (Fsp3) is 0.545. The van der Waals surface area contributed by atoms with Crippen molar-refractivity contribution in [1.82, 2.24) is 0 Å². The van der Waals surface area contributed by atoms with Gasteiger partial charge in [-0.15, -0.1) is 0 Å². The van der Waals surface area contributed by atoms with Gasteiger partial charge in [0, 0.05) is 11.1 Å². The maximum atomic E-state index is 11.4. The predicted molar refractivity (Wildman–Crippen MR) is 409 cm³/mol. The summed E-state index contributed by atoms with van der Waals surface area (Å²) in [4.78, 5) is 0. The zero-order valence-corrected chi connectivity index (χ0v) is 62.4. The van der Waals surface area contributed by atoms with Crippen molar-refractivity contribution in [3.05, 3.63) is 154 Å². The van der Waals surface area contributed by atoms with E-state index in [9.17, 15) is 20.4 Å². The zero-order valence-electron chi connectivity index (χ0n) is 62.4. The molecule has 0 heterocycles. The number of phenolic OH excluding ortho intramolecular Hbond substituents is 4. The number of ether oxygens (including phenoxy) is 4. The number of unbranched alkanes of at least 4 members (excludes halogenated alkanes) is 8. The molecule has 0 radical (unpaired) electrons. The van der Waals surface area contributed by atoms with Crippen LogP contribution in [0.4, 0.5) is 0 Å². The molecule has 0 aliphatic carbocycles. The van der Waals surface area contributed by atoms with E-state index in [0.717, 1.165) is 217 Å². The van der Waals surface area contributed by atoms with E-state index >= 15 is 0 Å². The highest BCUT2D eigenvalue weighted by molar-refractivity contribution is 5.88. The second-order valence-electron chi connectivity index (χ2n) is 29.0. The Hall–Kier alpha value is -6.80. The Morgan fingerprint density at radius 3 is 0.958 bits per heavy atom. The normalized spacial score (nSPS) is 12.0. The summed E-state index contributed by atoms with van der Waals surface area (Å²) < 4.78 is 25.8. The Labute approximate surface area is 583 Å². The van der Waals surface area contributed by atoms with Crippen LogP contribution in [0.1, 0.15) is 267 Å². The van der Waals surface area contributed by atoms with Crippen molar-refractivity contribution < 1.29 is 39.4 Å². The van der Waals surface area contributed by atoms with Crippen molar-refractivity contribution in [3.8, 4) is 68.2 Å². The van der Waals surface area contributed by atoms with Gasteiger partial charge in [0.25, 0.3) is 0 Å². The number of hydrogen-bond donors (Lipinski definition) is 4. The summed E-state index contributed by atoms with van der Waals surface area (Å²) in [6.07, 6.45) is 28.2. The van der Waals surface area contributed by atoms with Crippen LogP contribution in [-0.4, -0.2) is 46.9 Å². The van der Waals surface area contributed by atoms with E-state index in [1.807, 2.05) is 38.1 Å². The Morgan fingerprint density at radius 1 is 0.354 bits per heavy atom.